The summed E-state index contributed by atoms with van der Waals surface area (Å²) in [5.41, 5.74) is 1.58. The Morgan fingerprint density at radius 3 is 2.56 bits per heavy atom. The lowest BCUT2D eigenvalue weighted by Gasteiger charge is -2.42. The lowest BCUT2D eigenvalue weighted by molar-refractivity contribution is 0.144. The normalized spacial score (nSPS) is 30.1. The molecule has 0 spiro atoms. The van der Waals surface area contributed by atoms with Crippen molar-refractivity contribution in [2.75, 3.05) is 35.7 Å². The number of fused-ring (bicyclic) bond motifs is 3. The van der Waals surface area contributed by atoms with Crippen molar-refractivity contribution < 1.29 is 9.32 Å². The molecule has 4 heterocycles. The molecule has 2 aliphatic carbocycles. The maximum absolute atomic E-state index is 12.7. The molecule has 32 heavy (non-hydrogen) atoms. The van der Waals surface area contributed by atoms with E-state index in [0.29, 0.717) is 28.5 Å². The van der Waals surface area contributed by atoms with Crippen molar-refractivity contribution in [2.45, 2.75) is 54.9 Å². The number of hydrogen-bond acceptors (Lipinski definition) is 7. The van der Waals surface area contributed by atoms with Gasteiger partial charge in [0.1, 0.15) is 11.6 Å². The number of halogens is 1. The number of rotatable bonds is 5. The van der Waals surface area contributed by atoms with Gasteiger partial charge in [-0.25, -0.2) is 15.0 Å². The molecule has 4 aliphatic rings. The second kappa shape index (κ2) is 7.92. The molecule has 2 aliphatic heterocycles. The molecular weight excluding hydrogens is 446 g/mol. The fourth-order valence-electron chi connectivity index (χ4n) is 6.08. The van der Waals surface area contributed by atoms with Gasteiger partial charge in [-0.05, 0) is 43.9 Å². The number of nitrogens with zero attached hydrogens (tertiary/aromatic N) is 4. The van der Waals surface area contributed by atoms with E-state index in [1.807, 2.05) is 0 Å². The fourth-order valence-corrected chi connectivity index (χ4v) is 7.52. The first-order valence-electron chi connectivity index (χ1n) is 11.6. The molecule has 2 aromatic heterocycles. The number of hydrogen-bond donors (Lipinski definition) is 2. The lowest BCUT2D eigenvalue weighted by Crippen LogP contribution is -2.48. The lowest BCUT2D eigenvalue weighted by atomic mass is 9.77. The van der Waals surface area contributed by atoms with Crippen LogP contribution in [0.5, 0.6) is 0 Å². The molecule has 7 nitrogen and oxygen atoms in total. The molecule has 3 fully saturated rings. The van der Waals surface area contributed by atoms with Crippen molar-refractivity contribution in [2.24, 2.45) is 11.8 Å². The van der Waals surface area contributed by atoms with Crippen LogP contribution >= 0.6 is 11.6 Å². The van der Waals surface area contributed by atoms with Gasteiger partial charge in [0, 0.05) is 49.6 Å². The summed E-state index contributed by atoms with van der Waals surface area (Å²) in [4.78, 5) is 17.3. The fraction of sp³-hybridized carbons (Fsp3) is 0.609. The summed E-state index contributed by atoms with van der Waals surface area (Å²) in [6, 6.07) is 2.08. The van der Waals surface area contributed by atoms with Crippen molar-refractivity contribution in [1.82, 2.24) is 15.0 Å². The predicted octanol–water partition coefficient (Wildman–Crippen LogP) is 3.15. The van der Waals surface area contributed by atoms with Crippen molar-refractivity contribution in [1.29, 1.82) is 0 Å². The summed E-state index contributed by atoms with van der Waals surface area (Å²) in [6.07, 6.45) is 9.49. The third kappa shape index (κ3) is 3.42. The first-order valence-corrected chi connectivity index (χ1v) is 13.3. The van der Waals surface area contributed by atoms with E-state index in [-0.39, 0.29) is 12.1 Å². The third-order valence-corrected chi connectivity index (χ3v) is 9.57. The molecule has 2 bridgehead atoms. The minimum absolute atomic E-state index is 0.0999. The van der Waals surface area contributed by atoms with E-state index in [4.69, 9.17) is 16.6 Å². The highest BCUT2D eigenvalue weighted by Crippen LogP contribution is 2.48. The summed E-state index contributed by atoms with van der Waals surface area (Å²) in [7, 11) is -1.02. The zero-order chi connectivity index (χ0) is 21.9. The number of aliphatic hydroxyl groups excluding tert-OH is 1. The van der Waals surface area contributed by atoms with Crippen molar-refractivity contribution in [3.05, 3.63) is 35.0 Å². The summed E-state index contributed by atoms with van der Waals surface area (Å²) >= 11 is 6.00. The third-order valence-electron chi connectivity index (χ3n) is 7.89. The van der Waals surface area contributed by atoms with Gasteiger partial charge in [0.05, 0.1) is 44.2 Å². The number of piperidine rings is 1. The van der Waals surface area contributed by atoms with Gasteiger partial charge in [0.2, 0.25) is 0 Å². The summed E-state index contributed by atoms with van der Waals surface area (Å²) in [5, 5.41) is 14.1. The quantitative estimate of drug-likeness (QED) is 0.689. The Kier molecular flexibility index (Phi) is 5.15. The van der Waals surface area contributed by atoms with E-state index < -0.39 is 10.8 Å². The smallest absolute Gasteiger partial charge is 0.132 e. The van der Waals surface area contributed by atoms with E-state index in [1.165, 1.54) is 12.8 Å². The minimum Gasteiger partial charge on any atom is -0.394 e. The van der Waals surface area contributed by atoms with Crippen LogP contribution in [0.3, 0.4) is 0 Å². The molecule has 0 amide bonds. The Bertz CT molecular complexity index is 1040. The molecule has 9 heteroatoms. The van der Waals surface area contributed by atoms with Crippen LogP contribution in [0.2, 0.25) is 5.02 Å². The van der Waals surface area contributed by atoms with Crippen LogP contribution in [-0.4, -0.2) is 55.3 Å². The van der Waals surface area contributed by atoms with E-state index in [1.54, 1.807) is 12.4 Å². The number of aryl methyl sites for hydroxylation is 1. The van der Waals surface area contributed by atoms with Gasteiger partial charge in [-0.2, -0.15) is 0 Å². The Labute approximate surface area is 195 Å². The van der Waals surface area contributed by atoms with Gasteiger partial charge < -0.3 is 15.3 Å². The average molecular weight is 474 g/mol. The second-order valence-electron chi connectivity index (χ2n) is 9.81. The number of pyridine rings is 1. The van der Waals surface area contributed by atoms with E-state index in [2.05, 4.69) is 26.3 Å². The van der Waals surface area contributed by atoms with Crippen LogP contribution in [0.1, 0.15) is 49.5 Å². The van der Waals surface area contributed by atoms with Gasteiger partial charge in [0.15, 0.2) is 0 Å². The van der Waals surface area contributed by atoms with Gasteiger partial charge >= 0.3 is 0 Å². The van der Waals surface area contributed by atoms with Crippen LogP contribution in [-0.2, 0) is 17.2 Å². The van der Waals surface area contributed by atoms with Crippen molar-refractivity contribution in [3.8, 4) is 0 Å². The molecule has 3 atom stereocenters. The monoisotopic (exact) mass is 473 g/mol. The molecule has 2 unspecified atom stereocenters. The molecule has 2 N–H and O–H groups in total. The number of aliphatic hydroxyl groups is 1. The van der Waals surface area contributed by atoms with E-state index in [0.717, 1.165) is 66.7 Å². The Morgan fingerprint density at radius 2 is 1.94 bits per heavy atom. The molecule has 0 radical (unpaired) electrons. The Balaban J connectivity index is 1.30. The standard InChI is InChI=1S/C23H28ClN5O2S/c24-16-9-25-22(26-10-16)20-14-2-3-15(20)12-29(11-14)19-8-18(28-23(13-30)5-1-6-23)21-17(27-19)4-7-32(21)31/h8-10,14-15,20,30H,1-7,11-13H2,(H,27,28)/t14?,15?,20?,32-/m1/s1. The SMILES string of the molecule is O=[S@@]1CCc2nc(N3CC4CCC(C3)C4c3ncc(Cl)cn3)cc(NC3(CO)CCC3)c21. The second-order valence-corrected chi connectivity index (χ2v) is 11.8. The first-order chi connectivity index (χ1) is 15.5. The highest BCUT2D eigenvalue weighted by molar-refractivity contribution is 7.85. The van der Waals surface area contributed by atoms with E-state index in [9.17, 15) is 9.32 Å². The number of aromatic nitrogens is 3. The molecule has 0 aromatic carbocycles. The van der Waals surface area contributed by atoms with Crippen LogP contribution in [0, 0.1) is 11.8 Å². The van der Waals surface area contributed by atoms with Gasteiger partial charge in [-0.15, -0.1) is 0 Å². The molecule has 6 rings (SSSR count). The number of nitrogens with one attached hydrogen (secondary N) is 1. The highest BCUT2D eigenvalue weighted by Gasteiger charge is 2.45. The summed E-state index contributed by atoms with van der Waals surface area (Å²) < 4.78 is 12.7. The molecule has 2 saturated carbocycles. The van der Waals surface area contributed by atoms with E-state index >= 15 is 0 Å². The van der Waals surface area contributed by atoms with Crippen LogP contribution in [0.25, 0.3) is 0 Å². The molecule has 2 aromatic rings. The molecule has 170 valence electrons. The largest absolute Gasteiger partial charge is 0.394 e. The minimum atomic E-state index is -1.02. The van der Waals surface area contributed by atoms with Crippen molar-refractivity contribution in [3.63, 3.8) is 0 Å². The van der Waals surface area contributed by atoms with Crippen LogP contribution in [0.15, 0.2) is 23.4 Å². The maximum Gasteiger partial charge on any atom is 0.132 e. The highest BCUT2D eigenvalue weighted by atomic mass is 35.5. The van der Waals surface area contributed by atoms with Crippen LogP contribution in [0.4, 0.5) is 11.5 Å². The van der Waals surface area contributed by atoms with Crippen LogP contribution < -0.4 is 10.2 Å². The Morgan fingerprint density at radius 1 is 1.22 bits per heavy atom. The zero-order valence-corrected chi connectivity index (χ0v) is 19.5. The molecule has 1 saturated heterocycles. The van der Waals surface area contributed by atoms with Gasteiger partial charge in [0.25, 0.3) is 0 Å². The zero-order valence-electron chi connectivity index (χ0n) is 18.0. The average Bonchev–Trinajstić information content (AvgIpc) is 3.27. The van der Waals surface area contributed by atoms with Crippen molar-refractivity contribution >= 4 is 33.9 Å². The summed E-state index contributed by atoms with van der Waals surface area (Å²) in [5.74, 6) is 3.86. The molecular formula is C23H28ClN5O2S. The topological polar surface area (TPSA) is 91.2 Å². The Hall–Kier alpha value is -1.77. The maximum atomic E-state index is 12.7. The predicted molar refractivity (Wildman–Crippen MR) is 125 cm³/mol. The first kappa shape index (κ1) is 20.8. The van der Waals surface area contributed by atoms with Gasteiger partial charge in [-0.1, -0.05) is 11.6 Å². The number of anilines is 2. The summed E-state index contributed by atoms with van der Waals surface area (Å²) in [6.45, 7) is 1.95. The van der Waals surface area contributed by atoms with Gasteiger partial charge in [-0.3, -0.25) is 4.21 Å².